The number of rotatable bonds is 16. The van der Waals surface area contributed by atoms with Crippen LogP contribution in [0.15, 0.2) is 144 Å². The zero-order chi connectivity index (χ0) is 35.3. The van der Waals surface area contributed by atoms with Crippen molar-refractivity contribution in [3.63, 3.8) is 0 Å². The van der Waals surface area contributed by atoms with E-state index in [0.717, 1.165) is 22.7 Å². The van der Waals surface area contributed by atoms with Crippen LogP contribution in [0.4, 0.5) is 10.1 Å². The van der Waals surface area contributed by atoms with Crippen LogP contribution in [0.2, 0.25) is 0 Å². The fourth-order valence-electron chi connectivity index (χ4n) is 5.42. The number of halogens is 1. The van der Waals surface area contributed by atoms with Crippen molar-refractivity contribution in [3.05, 3.63) is 156 Å². The molecule has 0 fully saturated rings. The first-order valence-electron chi connectivity index (χ1n) is 16.5. The van der Waals surface area contributed by atoms with Gasteiger partial charge in [0.15, 0.2) is 0 Å². The number of unbranched alkanes of at least 4 members (excludes halogenated alkanes) is 1. The molecule has 1 atom stereocenters. The number of sulfonamides is 1. The third-order valence-electron chi connectivity index (χ3n) is 8.11. The highest BCUT2D eigenvalue weighted by atomic mass is 32.2. The molecule has 1 N–H and O–H groups in total. The number of para-hydroxylation sites is 1. The lowest BCUT2D eigenvalue weighted by Gasteiger charge is -2.34. The van der Waals surface area contributed by atoms with Crippen LogP contribution in [-0.4, -0.2) is 44.3 Å². The maximum atomic E-state index is 15.1. The number of benzene rings is 5. The largest absolute Gasteiger partial charge is 0.457 e. The van der Waals surface area contributed by atoms with Gasteiger partial charge in [-0.05, 0) is 66.6 Å². The van der Waals surface area contributed by atoms with Crippen molar-refractivity contribution < 1.29 is 27.1 Å². The molecule has 0 saturated heterocycles. The van der Waals surface area contributed by atoms with E-state index in [-0.39, 0.29) is 29.1 Å². The lowest BCUT2D eigenvalue weighted by atomic mass is 10.0. The molecule has 5 aromatic carbocycles. The fourth-order valence-corrected chi connectivity index (χ4v) is 6.86. The number of carbonyl (C=O) groups is 2. The van der Waals surface area contributed by atoms with E-state index in [2.05, 4.69) is 5.32 Å². The quantitative estimate of drug-likeness (QED) is 0.109. The molecule has 0 bridgehead atoms. The minimum Gasteiger partial charge on any atom is -0.457 e. The number of hydrogen-bond donors (Lipinski definition) is 1. The molecule has 10 heteroatoms. The van der Waals surface area contributed by atoms with Crippen LogP contribution in [-0.2, 0) is 32.6 Å². The SMILES string of the molecule is CCCCNC(=O)[C@@H](Cc1ccccc1)N(Cc1ccccc1F)C(=O)CN(c1ccc(Oc2ccccc2)cc1)S(=O)(=O)c1ccccc1. The van der Waals surface area contributed by atoms with Crippen LogP contribution >= 0.6 is 0 Å². The highest BCUT2D eigenvalue weighted by Gasteiger charge is 2.35. The lowest BCUT2D eigenvalue weighted by Crippen LogP contribution is -2.53. The minimum absolute atomic E-state index is 0.0174. The van der Waals surface area contributed by atoms with Gasteiger partial charge in [0.25, 0.3) is 10.0 Å². The van der Waals surface area contributed by atoms with Gasteiger partial charge in [0.05, 0.1) is 10.6 Å². The van der Waals surface area contributed by atoms with E-state index in [1.165, 1.54) is 23.1 Å². The Morgan fingerprint density at radius 2 is 1.34 bits per heavy atom. The van der Waals surface area contributed by atoms with E-state index in [1.807, 2.05) is 55.5 Å². The van der Waals surface area contributed by atoms with Gasteiger partial charge in [-0.25, -0.2) is 12.8 Å². The monoisotopic (exact) mass is 693 g/mol. The summed E-state index contributed by atoms with van der Waals surface area (Å²) in [4.78, 5) is 29.7. The molecule has 0 saturated carbocycles. The first-order valence-corrected chi connectivity index (χ1v) is 18.0. The summed E-state index contributed by atoms with van der Waals surface area (Å²) < 4.78 is 50.5. The average molecular weight is 694 g/mol. The molecule has 0 aliphatic heterocycles. The van der Waals surface area contributed by atoms with Gasteiger partial charge in [0.2, 0.25) is 11.8 Å². The van der Waals surface area contributed by atoms with Crippen molar-refractivity contribution >= 4 is 27.5 Å². The molecule has 0 aromatic heterocycles. The highest BCUT2D eigenvalue weighted by molar-refractivity contribution is 7.92. The second-order valence-corrected chi connectivity index (χ2v) is 13.6. The first kappa shape index (κ1) is 35.8. The molecule has 50 heavy (non-hydrogen) atoms. The van der Waals surface area contributed by atoms with Gasteiger partial charge in [0, 0.05) is 25.1 Å². The Morgan fingerprint density at radius 3 is 1.98 bits per heavy atom. The average Bonchev–Trinajstić information content (AvgIpc) is 3.14. The number of hydrogen-bond acceptors (Lipinski definition) is 5. The Bertz CT molecular complexity index is 1940. The number of anilines is 1. The second kappa shape index (κ2) is 17.3. The smallest absolute Gasteiger partial charge is 0.264 e. The third kappa shape index (κ3) is 9.35. The predicted molar refractivity (Wildman–Crippen MR) is 193 cm³/mol. The Labute approximate surface area is 293 Å². The van der Waals surface area contributed by atoms with Crippen LogP contribution < -0.4 is 14.4 Å². The number of ether oxygens (including phenoxy) is 1. The molecule has 258 valence electrons. The molecule has 5 rings (SSSR count). The molecule has 0 radical (unpaired) electrons. The van der Waals surface area contributed by atoms with Gasteiger partial charge in [-0.15, -0.1) is 0 Å². The third-order valence-corrected chi connectivity index (χ3v) is 9.90. The minimum atomic E-state index is -4.29. The number of carbonyl (C=O) groups excluding carboxylic acids is 2. The maximum absolute atomic E-state index is 15.1. The van der Waals surface area contributed by atoms with E-state index < -0.39 is 40.2 Å². The Balaban J connectivity index is 1.54. The fraction of sp³-hybridized carbons (Fsp3) is 0.200. The molecule has 0 spiro atoms. The number of nitrogens with zero attached hydrogens (tertiary/aromatic N) is 2. The summed E-state index contributed by atoms with van der Waals surface area (Å²) in [5.74, 6) is -0.556. The summed E-state index contributed by atoms with van der Waals surface area (Å²) in [5.41, 5.74) is 1.19. The first-order chi connectivity index (χ1) is 24.3. The second-order valence-electron chi connectivity index (χ2n) is 11.7. The van der Waals surface area contributed by atoms with Crippen molar-refractivity contribution in [2.24, 2.45) is 0 Å². The topological polar surface area (TPSA) is 96.0 Å². The van der Waals surface area contributed by atoms with Crippen molar-refractivity contribution in [2.75, 3.05) is 17.4 Å². The van der Waals surface area contributed by atoms with Crippen LogP contribution in [0, 0.1) is 5.82 Å². The van der Waals surface area contributed by atoms with E-state index in [9.17, 15) is 18.0 Å². The zero-order valence-electron chi connectivity index (χ0n) is 27.8. The zero-order valence-corrected chi connectivity index (χ0v) is 28.6. The van der Waals surface area contributed by atoms with E-state index in [0.29, 0.717) is 18.0 Å². The van der Waals surface area contributed by atoms with Gasteiger partial charge in [-0.2, -0.15) is 0 Å². The molecule has 0 heterocycles. The summed E-state index contributed by atoms with van der Waals surface area (Å²) >= 11 is 0. The number of amides is 2. The summed E-state index contributed by atoms with van der Waals surface area (Å²) in [6, 6.07) is 37.5. The number of nitrogens with one attached hydrogen (secondary N) is 1. The summed E-state index contributed by atoms with van der Waals surface area (Å²) in [5, 5.41) is 2.93. The standard InChI is InChI=1S/C40H40FN3O5S/c1-2-3-27-42-40(46)38(28-31-15-7-4-8-16-31)43(29-32-17-13-14-22-37(32)41)39(45)30-44(50(47,48)36-20-11-6-12-21-36)33-23-25-35(26-24-33)49-34-18-9-5-10-19-34/h4-26,38H,2-3,27-30H2,1H3,(H,42,46)/t38-/m1/s1. The van der Waals surface area contributed by atoms with E-state index in [1.54, 1.807) is 72.8 Å². The molecule has 5 aromatic rings. The van der Waals surface area contributed by atoms with Crippen molar-refractivity contribution in [1.82, 2.24) is 10.2 Å². The molecule has 0 aliphatic rings. The lowest BCUT2D eigenvalue weighted by molar-refractivity contribution is -0.140. The van der Waals surface area contributed by atoms with Crippen molar-refractivity contribution in [3.8, 4) is 11.5 Å². The predicted octanol–water partition coefficient (Wildman–Crippen LogP) is 7.37. The van der Waals surface area contributed by atoms with Crippen molar-refractivity contribution in [2.45, 2.75) is 43.7 Å². The Hall–Kier alpha value is -5.48. The Kier molecular flexibility index (Phi) is 12.4. The molecule has 2 amide bonds. The highest BCUT2D eigenvalue weighted by Crippen LogP contribution is 2.29. The van der Waals surface area contributed by atoms with Crippen LogP contribution in [0.25, 0.3) is 0 Å². The van der Waals surface area contributed by atoms with Gasteiger partial charge < -0.3 is 15.0 Å². The van der Waals surface area contributed by atoms with Gasteiger partial charge >= 0.3 is 0 Å². The van der Waals surface area contributed by atoms with Gasteiger partial charge in [-0.1, -0.05) is 98.3 Å². The normalized spacial score (nSPS) is 11.7. The van der Waals surface area contributed by atoms with Crippen molar-refractivity contribution in [1.29, 1.82) is 0 Å². The maximum Gasteiger partial charge on any atom is 0.264 e. The molecule has 8 nitrogen and oxygen atoms in total. The van der Waals surface area contributed by atoms with E-state index >= 15 is 4.39 Å². The van der Waals surface area contributed by atoms with Crippen LogP contribution in [0.3, 0.4) is 0 Å². The summed E-state index contributed by atoms with van der Waals surface area (Å²) in [6.45, 7) is 1.49. The Morgan fingerprint density at radius 1 is 0.760 bits per heavy atom. The molecular weight excluding hydrogens is 654 g/mol. The molecular formula is C40H40FN3O5S. The van der Waals surface area contributed by atoms with E-state index in [4.69, 9.17) is 4.74 Å². The molecule has 0 unspecified atom stereocenters. The van der Waals surface area contributed by atoms with Gasteiger partial charge in [0.1, 0.15) is 29.9 Å². The van der Waals surface area contributed by atoms with Crippen LogP contribution in [0.5, 0.6) is 11.5 Å². The van der Waals surface area contributed by atoms with Gasteiger partial charge in [-0.3, -0.25) is 13.9 Å². The molecule has 0 aliphatic carbocycles. The van der Waals surface area contributed by atoms with Crippen LogP contribution in [0.1, 0.15) is 30.9 Å². The summed E-state index contributed by atoms with van der Waals surface area (Å²) in [6.07, 6.45) is 1.72. The summed E-state index contributed by atoms with van der Waals surface area (Å²) in [7, 11) is -4.29.